The summed E-state index contributed by atoms with van der Waals surface area (Å²) >= 11 is 1.30. The predicted molar refractivity (Wildman–Crippen MR) is 108 cm³/mol. The molecule has 1 fully saturated rings. The van der Waals surface area contributed by atoms with Gasteiger partial charge >= 0.3 is 0 Å². The summed E-state index contributed by atoms with van der Waals surface area (Å²) in [4.78, 5) is 14.4. The molecule has 1 aliphatic rings. The Bertz CT molecular complexity index is 980. The number of amides is 1. The smallest absolute Gasteiger partial charge is 0.235 e. The zero-order chi connectivity index (χ0) is 20.5. The number of rotatable bonds is 7. The van der Waals surface area contributed by atoms with E-state index in [0.29, 0.717) is 23.9 Å². The van der Waals surface area contributed by atoms with E-state index in [1.54, 1.807) is 31.2 Å². The van der Waals surface area contributed by atoms with E-state index >= 15 is 0 Å². The maximum Gasteiger partial charge on any atom is 0.235 e. The van der Waals surface area contributed by atoms with Crippen molar-refractivity contribution in [3.05, 3.63) is 30.7 Å². The number of carbonyl (C=O) groups excluding carboxylic acids is 1. The highest BCUT2D eigenvalue weighted by atomic mass is 32.2. The number of hydrogen-bond donors (Lipinski definition) is 0. The number of thioether (sulfide) groups is 1. The molecule has 1 amide bonds. The van der Waals surface area contributed by atoms with Crippen molar-refractivity contribution in [3.63, 3.8) is 0 Å². The first-order chi connectivity index (χ1) is 13.2. The van der Waals surface area contributed by atoms with Crippen molar-refractivity contribution >= 4 is 27.5 Å². The molecular formula is C18H24N4O4S2. The first kappa shape index (κ1) is 20.7. The summed E-state index contributed by atoms with van der Waals surface area (Å²) in [5.41, 5.74) is 0.841. The molecule has 1 saturated heterocycles. The summed E-state index contributed by atoms with van der Waals surface area (Å²) in [7, 11) is -1.38. The van der Waals surface area contributed by atoms with Crippen LogP contribution in [0, 0.1) is 6.92 Å². The quantitative estimate of drug-likeness (QED) is 0.496. The van der Waals surface area contributed by atoms with E-state index in [9.17, 15) is 13.2 Å². The van der Waals surface area contributed by atoms with E-state index in [1.807, 2.05) is 17.6 Å². The van der Waals surface area contributed by atoms with Gasteiger partial charge in [-0.3, -0.25) is 9.36 Å². The van der Waals surface area contributed by atoms with Crippen LogP contribution in [0.3, 0.4) is 0 Å². The highest BCUT2D eigenvalue weighted by molar-refractivity contribution is 8.00. The minimum atomic E-state index is -3.05. The first-order valence-corrected chi connectivity index (χ1v) is 11.7. The van der Waals surface area contributed by atoms with E-state index in [0.717, 1.165) is 11.3 Å². The summed E-state index contributed by atoms with van der Waals surface area (Å²) < 4.78 is 30.7. The molecule has 152 valence electrons. The summed E-state index contributed by atoms with van der Waals surface area (Å²) in [5.74, 6) is 1.44. The van der Waals surface area contributed by atoms with Crippen LogP contribution in [0.25, 0.3) is 11.4 Å². The van der Waals surface area contributed by atoms with Crippen LogP contribution in [-0.4, -0.2) is 63.8 Å². The molecule has 0 radical (unpaired) electrons. The third-order valence-electron chi connectivity index (χ3n) is 4.86. The van der Waals surface area contributed by atoms with Crippen LogP contribution < -0.4 is 0 Å². The van der Waals surface area contributed by atoms with Gasteiger partial charge in [0.2, 0.25) is 5.91 Å². The molecule has 1 aliphatic heterocycles. The van der Waals surface area contributed by atoms with Gasteiger partial charge in [-0.15, -0.1) is 16.8 Å². The number of allylic oxidation sites excluding steroid dienone is 1. The molecule has 2 atom stereocenters. The van der Waals surface area contributed by atoms with Gasteiger partial charge in [0.05, 0.1) is 28.6 Å². The van der Waals surface area contributed by atoms with Gasteiger partial charge in [0.15, 0.2) is 20.8 Å². The minimum absolute atomic E-state index is 0.0309. The largest absolute Gasteiger partial charge is 0.469 e. The molecule has 0 N–H and O–H groups in total. The molecule has 3 heterocycles. The van der Waals surface area contributed by atoms with Crippen molar-refractivity contribution in [2.75, 3.05) is 18.6 Å². The Hall–Kier alpha value is -2.07. The Balaban J connectivity index is 1.77. The normalized spacial score (nSPS) is 19.5. The number of hydrogen-bond acceptors (Lipinski definition) is 7. The zero-order valence-corrected chi connectivity index (χ0v) is 17.8. The molecule has 28 heavy (non-hydrogen) atoms. The lowest BCUT2D eigenvalue weighted by atomic mass is 10.2. The van der Waals surface area contributed by atoms with Crippen molar-refractivity contribution in [3.8, 4) is 11.4 Å². The fourth-order valence-corrected chi connectivity index (χ4v) is 5.98. The van der Waals surface area contributed by atoms with Crippen LogP contribution in [-0.2, 0) is 21.2 Å². The van der Waals surface area contributed by atoms with E-state index in [-0.39, 0.29) is 23.5 Å². The van der Waals surface area contributed by atoms with Crippen LogP contribution in [0.2, 0.25) is 0 Å². The average Bonchev–Trinajstić information content (AvgIpc) is 3.33. The van der Waals surface area contributed by atoms with E-state index in [4.69, 9.17) is 4.42 Å². The zero-order valence-electron chi connectivity index (χ0n) is 16.2. The number of carbonyl (C=O) groups is 1. The lowest BCUT2D eigenvalue weighted by Gasteiger charge is -2.26. The summed E-state index contributed by atoms with van der Waals surface area (Å²) in [6, 6.07) is 1.56. The van der Waals surface area contributed by atoms with Gasteiger partial charge in [-0.2, -0.15) is 0 Å². The molecule has 2 aromatic rings. The lowest BCUT2D eigenvalue weighted by molar-refractivity contribution is -0.130. The molecule has 3 rings (SSSR count). The Morgan fingerprint density at radius 2 is 2.29 bits per heavy atom. The minimum Gasteiger partial charge on any atom is -0.469 e. The molecular weight excluding hydrogens is 400 g/mol. The number of sulfone groups is 1. The second-order valence-corrected chi connectivity index (χ2v) is 10.4. The van der Waals surface area contributed by atoms with Crippen molar-refractivity contribution in [1.29, 1.82) is 0 Å². The van der Waals surface area contributed by atoms with Gasteiger partial charge < -0.3 is 9.32 Å². The number of aromatic nitrogens is 3. The average molecular weight is 425 g/mol. The molecule has 8 nitrogen and oxygen atoms in total. The van der Waals surface area contributed by atoms with Crippen molar-refractivity contribution in [1.82, 2.24) is 19.7 Å². The predicted octanol–water partition coefficient (Wildman–Crippen LogP) is 2.16. The van der Waals surface area contributed by atoms with Gasteiger partial charge in [0.25, 0.3) is 0 Å². The monoisotopic (exact) mass is 424 g/mol. The van der Waals surface area contributed by atoms with Gasteiger partial charge in [-0.05, 0) is 26.3 Å². The SMILES string of the molecule is C=CCn1c(S[C@H](C)C(=O)N(C)[C@H]2CCS(=O)(=O)C2)nnc1-c1ccoc1C. The van der Waals surface area contributed by atoms with Crippen molar-refractivity contribution in [2.45, 2.75) is 43.3 Å². The fourth-order valence-electron chi connectivity index (χ4n) is 3.24. The fraction of sp³-hybridized carbons (Fsp3) is 0.500. The van der Waals surface area contributed by atoms with Gasteiger partial charge in [-0.1, -0.05) is 17.8 Å². The molecule has 0 aromatic carbocycles. The summed E-state index contributed by atoms with van der Waals surface area (Å²) in [6.45, 7) is 7.93. The second kappa shape index (κ2) is 8.12. The van der Waals surface area contributed by atoms with Crippen LogP contribution in [0.5, 0.6) is 0 Å². The van der Waals surface area contributed by atoms with Crippen LogP contribution >= 0.6 is 11.8 Å². The molecule has 2 aromatic heterocycles. The van der Waals surface area contributed by atoms with E-state index in [1.165, 1.54) is 11.8 Å². The van der Waals surface area contributed by atoms with Crippen molar-refractivity contribution < 1.29 is 17.6 Å². The molecule has 0 unspecified atom stereocenters. The highest BCUT2D eigenvalue weighted by Gasteiger charge is 2.34. The van der Waals surface area contributed by atoms with Crippen LogP contribution in [0.4, 0.5) is 0 Å². The van der Waals surface area contributed by atoms with Crippen molar-refractivity contribution in [2.24, 2.45) is 0 Å². The molecule has 10 heteroatoms. The van der Waals surface area contributed by atoms with Crippen LogP contribution in [0.15, 0.2) is 34.6 Å². The number of furan rings is 1. The Labute approximate surface area is 168 Å². The van der Waals surface area contributed by atoms with Gasteiger partial charge in [-0.25, -0.2) is 8.42 Å². The maximum absolute atomic E-state index is 12.8. The topological polar surface area (TPSA) is 98.3 Å². The second-order valence-electron chi connectivity index (χ2n) is 6.86. The van der Waals surface area contributed by atoms with E-state index < -0.39 is 15.1 Å². The Morgan fingerprint density at radius 3 is 2.86 bits per heavy atom. The third-order valence-corrected chi connectivity index (χ3v) is 7.68. The molecule has 0 bridgehead atoms. The third kappa shape index (κ3) is 4.17. The number of aryl methyl sites for hydroxylation is 1. The molecule has 0 saturated carbocycles. The van der Waals surface area contributed by atoms with Gasteiger partial charge in [0, 0.05) is 19.6 Å². The van der Waals surface area contributed by atoms with Crippen LogP contribution in [0.1, 0.15) is 19.1 Å². The maximum atomic E-state index is 12.8. The van der Waals surface area contributed by atoms with E-state index in [2.05, 4.69) is 16.8 Å². The van der Waals surface area contributed by atoms with Gasteiger partial charge in [0.1, 0.15) is 5.76 Å². The summed E-state index contributed by atoms with van der Waals surface area (Å²) in [5, 5.41) is 8.70. The number of nitrogens with zero attached hydrogens (tertiary/aromatic N) is 4. The first-order valence-electron chi connectivity index (χ1n) is 8.96. The Morgan fingerprint density at radius 1 is 1.54 bits per heavy atom. The Kier molecular flexibility index (Phi) is 5.99. The molecule has 0 aliphatic carbocycles. The summed E-state index contributed by atoms with van der Waals surface area (Å²) in [6.07, 6.45) is 3.83. The molecule has 0 spiro atoms. The lowest BCUT2D eigenvalue weighted by Crippen LogP contribution is -2.41. The standard InChI is InChI=1S/C18H24N4O4S2/c1-5-8-22-16(15-6-9-26-12(15)2)19-20-18(22)27-13(3)17(23)21(4)14-7-10-28(24,25)11-14/h5-6,9,13-14H,1,7-8,10-11H2,2-4H3/t13-,14+/m1/s1. The highest BCUT2D eigenvalue weighted by Crippen LogP contribution is 2.30.